The summed E-state index contributed by atoms with van der Waals surface area (Å²) >= 11 is 2.27. The van der Waals surface area contributed by atoms with Gasteiger partial charge in [-0.2, -0.15) is 35.1 Å². The lowest BCUT2D eigenvalue weighted by molar-refractivity contribution is -0.118. The molecule has 16 heavy (non-hydrogen) atoms. The first kappa shape index (κ1) is 16.4. The smallest absolute Gasteiger partial charge is 0.233 e. The summed E-state index contributed by atoms with van der Waals surface area (Å²) in [6.45, 7) is -4.86. The van der Waals surface area contributed by atoms with E-state index in [-0.39, 0.29) is 0 Å². The molecule has 0 fully saturated rings. The molecule has 0 aromatic rings. The van der Waals surface area contributed by atoms with Crippen LogP contribution < -0.4 is 0 Å². The summed E-state index contributed by atoms with van der Waals surface area (Å²) in [5.41, 5.74) is 0. The summed E-state index contributed by atoms with van der Waals surface area (Å²) in [6, 6.07) is 0. The van der Waals surface area contributed by atoms with E-state index in [1.165, 1.54) is 0 Å². The van der Waals surface area contributed by atoms with E-state index in [4.69, 9.17) is 0 Å². The average Bonchev–Trinajstić information content (AvgIpc) is 1.72. The third kappa shape index (κ3) is 3.44. The number of halogens is 11. The van der Waals surface area contributed by atoms with E-state index in [2.05, 4.69) is 0 Å². The fourth-order valence-electron chi connectivity index (χ4n) is 0.760. The summed E-state index contributed by atoms with van der Waals surface area (Å²) in [4.78, 5) is -5.05. The highest BCUT2D eigenvalue weighted by Crippen LogP contribution is 2.52. The zero-order valence-electron chi connectivity index (χ0n) is 6.73. The largest absolute Gasteiger partial charge is 0.462 e. The summed E-state index contributed by atoms with van der Waals surface area (Å²) in [5.74, 6) is 0. The maximum Gasteiger partial charge on any atom is 0.462 e. The van der Waals surface area contributed by atoms with Gasteiger partial charge in [0, 0.05) is 0 Å². The van der Waals surface area contributed by atoms with Gasteiger partial charge < -0.3 is 0 Å². The molecule has 0 rings (SSSR count). The van der Waals surface area contributed by atoms with Crippen LogP contribution in [0.1, 0.15) is 0 Å². The number of alkyl halides is 11. The molecule has 0 nitrogen and oxygen atoms in total. The molecule has 0 heterocycles. The third-order valence-electron chi connectivity index (χ3n) is 1.40. The van der Waals surface area contributed by atoms with E-state index >= 15 is 0 Å². The predicted molar refractivity (Wildman–Crippen MR) is 44.5 cm³/mol. The molecule has 0 spiro atoms. The van der Waals surface area contributed by atoms with Gasteiger partial charge in [0.05, 0.1) is 0 Å². The molecule has 0 radical (unpaired) electrons. The maximum absolute atomic E-state index is 12.9. The van der Waals surface area contributed by atoms with Crippen molar-refractivity contribution in [1.82, 2.24) is 0 Å². The van der Waals surface area contributed by atoms with Crippen molar-refractivity contribution in [2.75, 3.05) is 0 Å². The van der Waals surface area contributed by atoms with Crippen molar-refractivity contribution in [3.63, 3.8) is 0 Å². The Balaban J connectivity index is 5.57. The van der Waals surface area contributed by atoms with Gasteiger partial charge in [0.1, 0.15) is 0 Å². The zero-order chi connectivity index (χ0) is 13.6. The van der Waals surface area contributed by atoms with Crippen LogP contribution in [0.25, 0.3) is 0 Å². The molecular weight excluding hydrogens is 390 g/mol. The van der Waals surface area contributed by atoms with Gasteiger partial charge in [0.25, 0.3) is 0 Å². The highest BCUT2D eigenvalue weighted by molar-refractivity contribution is 9.13. The fourth-order valence-corrected chi connectivity index (χ4v) is 1.51. The van der Waals surface area contributed by atoms with Crippen molar-refractivity contribution in [3.8, 4) is 0 Å². The van der Waals surface area contributed by atoms with E-state index < -0.39 is 28.2 Å². The second-order valence-electron chi connectivity index (χ2n) is 2.64. The van der Waals surface area contributed by atoms with Crippen LogP contribution in [0, 0.1) is 0 Å². The molecule has 0 aliphatic heterocycles. The summed E-state index contributed by atoms with van der Waals surface area (Å²) in [5, 5.41) is 0. The quantitative estimate of drug-likeness (QED) is 0.376. The molecule has 0 aromatic heterocycles. The van der Waals surface area contributed by atoms with E-state index in [1.807, 2.05) is 0 Å². The van der Waals surface area contributed by atoms with Crippen LogP contribution in [-0.2, 0) is 0 Å². The molecular formula is C4BBr2F9. The van der Waals surface area contributed by atoms with Crippen molar-refractivity contribution in [2.24, 2.45) is 0 Å². The molecule has 1 atom stereocenters. The monoisotopic (exact) mass is 388 g/mol. The number of hydrogen-bond donors (Lipinski definition) is 0. The minimum Gasteiger partial charge on any atom is -0.233 e. The molecule has 96 valence electrons. The molecule has 0 saturated heterocycles. The second kappa shape index (κ2) is 4.25. The first-order chi connectivity index (χ1) is 6.62. The number of rotatable bonds is 2. The molecule has 0 aliphatic carbocycles. The van der Waals surface area contributed by atoms with Gasteiger partial charge in [-0.05, 0) is 31.9 Å². The standard InChI is InChI=1S/C4BBr2F9/c6-1(8,2(7,9)10)5(3(11,12)13)4(14,15)16. The minimum atomic E-state index is -6.21. The Kier molecular flexibility index (Phi) is 4.36. The maximum atomic E-state index is 12.9. The van der Waals surface area contributed by atoms with Crippen LogP contribution >= 0.6 is 31.9 Å². The average molecular weight is 390 g/mol. The third-order valence-corrected chi connectivity index (χ3v) is 3.46. The summed E-state index contributed by atoms with van der Waals surface area (Å²) in [7, 11) is 0. The fraction of sp³-hybridized carbons (Fsp3) is 1.00. The molecule has 0 aliphatic rings. The van der Waals surface area contributed by atoms with Crippen LogP contribution in [0.2, 0.25) is 0 Å². The van der Waals surface area contributed by atoms with Crippen LogP contribution in [-0.4, -0.2) is 28.2 Å². The second-order valence-corrected chi connectivity index (χ2v) is 4.79. The molecule has 12 heteroatoms. The van der Waals surface area contributed by atoms with Gasteiger partial charge in [-0.25, -0.2) is 4.39 Å². The van der Waals surface area contributed by atoms with Crippen molar-refractivity contribution in [3.05, 3.63) is 0 Å². The Morgan fingerprint density at radius 1 is 0.625 bits per heavy atom. The lowest BCUT2D eigenvalue weighted by atomic mass is 9.44. The van der Waals surface area contributed by atoms with Gasteiger partial charge in [-0.1, -0.05) is 0 Å². The van der Waals surface area contributed by atoms with Crippen molar-refractivity contribution < 1.29 is 39.5 Å². The molecule has 0 bridgehead atoms. The van der Waals surface area contributed by atoms with E-state index in [1.54, 1.807) is 0 Å². The molecule has 0 amide bonds. The van der Waals surface area contributed by atoms with Crippen LogP contribution in [0.5, 0.6) is 0 Å². The zero-order valence-corrected chi connectivity index (χ0v) is 9.91. The van der Waals surface area contributed by atoms with Crippen LogP contribution in [0.3, 0.4) is 0 Å². The van der Waals surface area contributed by atoms with Gasteiger partial charge in [-0.3, -0.25) is 0 Å². The lowest BCUT2D eigenvalue weighted by Gasteiger charge is -2.31. The predicted octanol–water partition coefficient (Wildman–Crippen LogP) is 4.27. The molecule has 1 unspecified atom stereocenters. The summed E-state index contributed by atoms with van der Waals surface area (Å²) in [6.07, 6.45) is -12.4. The highest BCUT2D eigenvalue weighted by atomic mass is 79.9. The summed E-state index contributed by atoms with van der Waals surface area (Å²) < 4.78 is 104. The SMILES string of the molecule is FC(F)(F)B(C(F)(F)F)C(F)(Br)C(F)(F)Br. The first-order valence-corrected chi connectivity index (χ1v) is 4.78. The van der Waals surface area contributed by atoms with Crippen molar-refractivity contribution in [2.45, 2.75) is 21.5 Å². The topological polar surface area (TPSA) is 0 Å². The Labute approximate surface area is 99.9 Å². The Morgan fingerprint density at radius 2 is 0.875 bits per heavy atom. The van der Waals surface area contributed by atoms with E-state index in [9.17, 15) is 39.5 Å². The van der Waals surface area contributed by atoms with Gasteiger partial charge in [-0.15, -0.1) is 0 Å². The minimum absolute atomic E-state index is 1.13. The van der Waals surface area contributed by atoms with Crippen molar-refractivity contribution >= 4 is 38.6 Å². The van der Waals surface area contributed by atoms with Gasteiger partial charge >= 0.3 is 23.7 Å². The lowest BCUT2D eigenvalue weighted by Crippen LogP contribution is -2.63. The van der Waals surface area contributed by atoms with E-state index in [0.717, 1.165) is 31.9 Å². The van der Waals surface area contributed by atoms with Crippen LogP contribution in [0.4, 0.5) is 39.5 Å². The molecule has 0 saturated carbocycles. The van der Waals surface area contributed by atoms with Gasteiger partial charge in [0.2, 0.25) is 4.48 Å². The molecule has 0 aromatic carbocycles. The van der Waals surface area contributed by atoms with Crippen molar-refractivity contribution in [1.29, 1.82) is 0 Å². The normalized spacial score (nSPS) is 18.2. The Bertz CT molecular complexity index is 236. The van der Waals surface area contributed by atoms with Gasteiger partial charge in [0.15, 0.2) is 0 Å². The first-order valence-electron chi connectivity index (χ1n) is 3.19. The Morgan fingerprint density at radius 3 is 0.938 bits per heavy atom. The Hall–Kier alpha value is 0.395. The number of hydrogen-bond acceptors (Lipinski definition) is 0. The highest BCUT2D eigenvalue weighted by Gasteiger charge is 2.78. The van der Waals surface area contributed by atoms with Crippen LogP contribution in [0.15, 0.2) is 0 Å². The van der Waals surface area contributed by atoms with E-state index in [0.29, 0.717) is 0 Å². The molecule has 0 N–H and O–H groups in total.